The fourth-order valence-corrected chi connectivity index (χ4v) is 3.49. The monoisotopic (exact) mass is 390 g/mol. The van der Waals surface area contributed by atoms with Crippen LogP contribution in [-0.2, 0) is 0 Å². The van der Waals surface area contributed by atoms with Crippen molar-refractivity contribution in [3.05, 3.63) is 88.3 Å². The summed E-state index contributed by atoms with van der Waals surface area (Å²) in [4.78, 5) is 25.2. The molecular formula is C22H18N2O3S. The number of rotatable bonds is 5. The Labute approximate surface area is 166 Å². The Morgan fingerprint density at radius 3 is 2.46 bits per heavy atom. The van der Waals surface area contributed by atoms with Crippen molar-refractivity contribution in [1.82, 2.24) is 5.32 Å². The number of para-hydroxylation sites is 1. The maximum absolute atomic E-state index is 12.5. The molecule has 2 N–H and O–H groups in total. The number of carbonyl (C=O) groups excluding carboxylic acids is 2. The van der Waals surface area contributed by atoms with Gasteiger partial charge in [-0.1, -0.05) is 24.3 Å². The molecule has 28 heavy (non-hydrogen) atoms. The molecule has 5 nitrogen and oxygen atoms in total. The molecule has 0 bridgehead atoms. The van der Waals surface area contributed by atoms with Crippen molar-refractivity contribution in [2.24, 2.45) is 0 Å². The van der Waals surface area contributed by atoms with Crippen LogP contribution in [0.2, 0.25) is 0 Å². The van der Waals surface area contributed by atoms with Crippen molar-refractivity contribution < 1.29 is 14.0 Å². The molecule has 6 heteroatoms. The van der Waals surface area contributed by atoms with Crippen molar-refractivity contribution in [2.45, 2.75) is 13.0 Å². The summed E-state index contributed by atoms with van der Waals surface area (Å²) in [7, 11) is 0. The second-order valence-corrected chi connectivity index (χ2v) is 7.34. The average Bonchev–Trinajstić information content (AvgIpc) is 3.38. The zero-order chi connectivity index (χ0) is 19.5. The van der Waals surface area contributed by atoms with E-state index in [2.05, 4.69) is 10.6 Å². The SMILES string of the molecule is C[C@@H](NC(=O)c1ccc(NC(=O)c2cccs2)cc1)c1cc2ccccc2o1. The van der Waals surface area contributed by atoms with Gasteiger partial charge in [-0.05, 0) is 54.8 Å². The molecule has 2 heterocycles. The van der Waals surface area contributed by atoms with Crippen LogP contribution in [0.3, 0.4) is 0 Å². The van der Waals surface area contributed by atoms with Crippen LogP contribution < -0.4 is 10.6 Å². The second kappa shape index (κ2) is 7.70. The number of hydrogen-bond donors (Lipinski definition) is 2. The van der Waals surface area contributed by atoms with Gasteiger partial charge in [-0.25, -0.2) is 0 Å². The van der Waals surface area contributed by atoms with Crippen molar-refractivity contribution in [2.75, 3.05) is 5.32 Å². The Kier molecular flexibility index (Phi) is 4.95. The van der Waals surface area contributed by atoms with E-state index in [1.807, 2.05) is 48.7 Å². The van der Waals surface area contributed by atoms with Crippen LogP contribution in [-0.4, -0.2) is 11.8 Å². The minimum Gasteiger partial charge on any atom is -0.459 e. The smallest absolute Gasteiger partial charge is 0.265 e. The van der Waals surface area contributed by atoms with E-state index in [0.29, 0.717) is 21.9 Å². The summed E-state index contributed by atoms with van der Waals surface area (Å²) in [6, 6.07) is 19.8. The van der Waals surface area contributed by atoms with Gasteiger partial charge < -0.3 is 15.1 Å². The summed E-state index contributed by atoms with van der Waals surface area (Å²) in [5.74, 6) is 0.337. The molecule has 0 spiro atoms. The first-order valence-corrected chi connectivity index (χ1v) is 9.72. The first kappa shape index (κ1) is 18.0. The van der Waals surface area contributed by atoms with Gasteiger partial charge in [0.25, 0.3) is 11.8 Å². The Bertz CT molecular complexity index is 1080. The zero-order valence-electron chi connectivity index (χ0n) is 15.1. The molecule has 1 atom stereocenters. The van der Waals surface area contributed by atoms with Gasteiger partial charge in [0.1, 0.15) is 11.3 Å². The van der Waals surface area contributed by atoms with Crippen LogP contribution in [0.1, 0.15) is 38.8 Å². The van der Waals surface area contributed by atoms with E-state index in [0.717, 1.165) is 11.0 Å². The van der Waals surface area contributed by atoms with E-state index >= 15 is 0 Å². The number of fused-ring (bicyclic) bond motifs is 1. The first-order valence-electron chi connectivity index (χ1n) is 8.84. The molecule has 140 valence electrons. The number of amides is 2. The van der Waals surface area contributed by atoms with E-state index in [4.69, 9.17) is 4.42 Å². The number of hydrogen-bond acceptors (Lipinski definition) is 4. The highest BCUT2D eigenvalue weighted by Gasteiger charge is 2.15. The lowest BCUT2D eigenvalue weighted by Gasteiger charge is -2.12. The largest absolute Gasteiger partial charge is 0.459 e. The fourth-order valence-electron chi connectivity index (χ4n) is 2.87. The topological polar surface area (TPSA) is 71.3 Å². The van der Waals surface area contributed by atoms with Crippen LogP contribution >= 0.6 is 11.3 Å². The first-order chi connectivity index (χ1) is 13.6. The standard InChI is InChI=1S/C22H18N2O3S/c1-14(19-13-16-5-2-3-6-18(16)27-19)23-21(25)15-8-10-17(11-9-15)24-22(26)20-7-4-12-28-20/h2-14H,1H3,(H,23,25)(H,24,26)/t14-/m1/s1. The van der Waals surface area contributed by atoms with Gasteiger partial charge in [-0.15, -0.1) is 11.3 Å². The summed E-state index contributed by atoms with van der Waals surface area (Å²) in [6.07, 6.45) is 0. The van der Waals surface area contributed by atoms with Crippen LogP contribution in [0.5, 0.6) is 0 Å². The van der Waals surface area contributed by atoms with Gasteiger partial charge in [-0.2, -0.15) is 0 Å². The Balaban J connectivity index is 1.41. The van der Waals surface area contributed by atoms with Crippen LogP contribution in [0.25, 0.3) is 11.0 Å². The third kappa shape index (κ3) is 3.82. The van der Waals surface area contributed by atoms with Crippen molar-refractivity contribution in [3.63, 3.8) is 0 Å². The highest BCUT2D eigenvalue weighted by Crippen LogP contribution is 2.24. The van der Waals surface area contributed by atoms with Crippen molar-refractivity contribution in [1.29, 1.82) is 0 Å². The maximum Gasteiger partial charge on any atom is 0.265 e. The molecule has 2 amide bonds. The van der Waals surface area contributed by atoms with Crippen LogP contribution in [0, 0.1) is 0 Å². The minimum atomic E-state index is -0.266. The molecule has 0 fully saturated rings. The van der Waals surface area contributed by atoms with Gasteiger partial charge in [0.15, 0.2) is 0 Å². The number of benzene rings is 2. The third-order valence-corrected chi connectivity index (χ3v) is 5.24. The number of furan rings is 1. The lowest BCUT2D eigenvalue weighted by Crippen LogP contribution is -2.26. The highest BCUT2D eigenvalue weighted by atomic mass is 32.1. The molecule has 0 saturated heterocycles. The molecule has 4 rings (SSSR count). The molecule has 0 saturated carbocycles. The summed E-state index contributed by atoms with van der Waals surface area (Å²) in [5.41, 5.74) is 1.95. The van der Waals surface area contributed by atoms with Gasteiger partial charge in [-0.3, -0.25) is 9.59 Å². The van der Waals surface area contributed by atoms with Crippen LogP contribution in [0.4, 0.5) is 5.69 Å². The van der Waals surface area contributed by atoms with Crippen LogP contribution in [0.15, 0.2) is 76.5 Å². The summed E-state index contributed by atoms with van der Waals surface area (Å²) >= 11 is 1.38. The summed E-state index contributed by atoms with van der Waals surface area (Å²) in [6.45, 7) is 1.88. The minimum absolute atomic E-state index is 0.161. The van der Waals surface area contributed by atoms with E-state index in [1.54, 1.807) is 30.3 Å². The zero-order valence-corrected chi connectivity index (χ0v) is 16.0. The average molecular weight is 390 g/mol. The predicted octanol–water partition coefficient (Wildman–Crippen LogP) is 5.24. The lowest BCUT2D eigenvalue weighted by atomic mass is 10.1. The predicted molar refractivity (Wildman–Crippen MR) is 111 cm³/mol. The number of carbonyl (C=O) groups is 2. The third-order valence-electron chi connectivity index (χ3n) is 4.37. The Morgan fingerprint density at radius 1 is 0.964 bits per heavy atom. The van der Waals surface area contributed by atoms with Crippen molar-refractivity contribution in [3.8, 4) is 0 Å². The van der Waals surface area contributed by atoms with E-state index < -0.39 is 0 Å². The fraction of sp³-hybridized carbons (Fsp3) is 0.0909. The Hall–Kier alpha value is -3.38. The molecule has 0 radical (unpaired) electrons. The molecule has 0 unspecified atom stereocenters. The highest BCUT2D eigenvalue weighted by molar-refractivity contribution is 7.12. The maximum atomic E-state index is 12.5. The van der Waals surface area contributed by atoms with Gasteiger partial charge >= 0.3 is 0 Å². The molecule has 0 aliphatic heterocycles. The van der Waals surface area contributed by atoms with Gasteiger partial charge in [0.05, 0.1) is 10.9 Å². The molecular weight excluding hydrogens is 372 g/mol. The van der Waals surface area contributed by atoms with E-state index in [9.17, 15) is 9.59 Å². The van der Waals surface area contributed by atoms with Crippen molar-refractivity contribution >= 4 is 39.8 Å². The molecule has 2 aromatic carbocycles. The molecule has 4 aromatic rings. The summed E-state index contributed by atoms with van der Waals surface area (Å²) < 4.78 is 5.80. The summed E-state index contributed by atoms with van der Waals surface area (Å²) in [5, 5.41) is 8.61. The van der Waals surface area contributed by atoms with E-state index in [-0.39, 0.29) is 17.9 Å². The van der Waals surface area contributed by atoms with E-state index in [1.165, 1.54) is 11.3 Å². The molecule has 2 aromatic heterocycles. The number of thiophene rings is 1. The molecule has 0 aliphatic rings. The van der Waals surface area contributed by atoms with Gasteiger partial charge in [0, 0.05) is 16.6 Å². The molecule has 0 aliphatic carbocycles. The Morgan fingerprint density at radius 2 is 1.75 bits per heavy atom. The lowest BCUT2D eigenvalue weighted by molar-refractivity contribution is 0.0935. The number of nitrogens with one attached hydrogen (secondary N) is 2. The van der Waals surface area contributed by atoms with Gasteiger partial charge in [0.2, 0.25) is 0 Å². The normalized spacial score (nSPS) is 11.9. The second-order valence-electron chi connectivity index (χ2n) is 6.39. The number of anilines is 1. The quantitative estimate of drug-likeness (QED) is 0.490.